The maximum atomic E-state index is 12.8. The fourth-order valence-corrected chi connectivity index (χ4v) is 5.20. The standard InChI is InChI=1S/C19H33N3O2S/c1-17-15-21(16-18(2)22(17)13-8-12-20(3)4)25(23,24)14-11-19-9-6-5-7-10-19/h5-7,9-10,17-18H,8,11-16H2,1-4H3. The van der Waals surface area contributed by atoms with Crippen molar-refractivity contribution < 1.29 is 8.42 Å². The van der Waals surface area contributed by atoms with Crippen LogP contribution in [0.15, 0.2) is 30.3 Å². The molecule has 0 bridgehead atoms. The first kappa shape index (κ1) is 20.4. The lowest BCUT2D eigenvalue weighted by Gasteiger charge is -2.44. The average Bonchev–Trinajstić information content (AvgIpc) is 2.56. The summed E-state index contributed by atoms with van der Waals surface area (Å²) in [5.41, 5.74) is 1.08. The van der Waals surface area contributed by atoms with Crippen molar-refractivity contribution >= 4 is 10.0 Å². The van der Waals surface area contributed by atoms with Crippen LogP contribution in [-0.4, -0.2) is 80.6 Å². The van der Waals surface area contributed by atoms with Gasteiger partial charge >= 0.3 is 0 Å². The summed E-state index contributed by atoms with van der Waals surface area (Å²) in [6.45, 7) is 7.58. The molecule has 1 heterocycles. The Hall–Kier alpha value is -0.950. The third kappa shape index (κ3) is 6.06. The van der Waals surface area contributed by atoms with Gasteiger partial charge in [0.2, 0.25) is 10.0 Å². The zero-order chi connectivity index (χ0) is 18.4. The lowest BCUT2D eigenvalue weighted by Crippen LogP contribution is -2.58. The van der Waals surface area contributed by atoms with Crippen LogP contribution in [0.5, 0.6) is 0 Å². The van der Waals surface area contributed by atoms with Crippen molar-refractivity contribution in [3.05, 3.63) is 35.9 Å². The molecule has 0 radical (unpaired) electrons. The van der Waals surface area contributed by atoms with Gasteiger partial charge in [-0.15, -0.1) is 0 Å². The van der Waals surface area contributed by atoms with Crippen molar-refractivity contribution in [1.82, 2.24) is 14.1 Å². The second-order valence-electron chi connectivity index (χ2n) is 7.46. The zero-order valence-corrected chi connectivity index (χ0v) is 16.9. The maximum Gasteiger partial charge on any atom is 0.214 e. The first-order valence-corrected chi connectivity index (χ1v) is 10.8. The zero-order valence-electron chi connectivity index (χ0n) is 16.1. The molecule has 0 aliphatic carbocycles. The lowest BCUT2D eigenvalue weighted by molar-refractivity contribution is 0.0740. The van der Waals surface area contributed by atoms with Gasteiger partial charge in [-0.25, -0.2) is 8.42 Å². The van der Waals surface area contributed by atoms with Crippen LogP contribution < -0.4 is 0 Å². The molecule has 1 aromatic carbocycles. The predicted octanol–water partition coefficient (Wildman–Crippen LogP) is 1.91. The van der Waals surface area contributed by atoms with Gasteiger partial charge in [0.15, 0.2) is 0 Å². The van der Waals surface area contributed by atoms with Crippen LogP contribution in [0.1, 0.15) is 25.8 Å². The van der Waals surface area contributed by atoms with Crippen molar-refractivity contribution in [2.24, 2.45) is 0 Å². The molecule has 1 aromatic rings. The normalized spacial score (nSPS) is 23.2. The van der Waals surface area contributed by atoms with E-state index in [9.17, 15) is 8.42 Å². The predicted molar refractivity (Wildman–Crippen MR) is 104 cm³/mol. The van der Waals surface area contributed by atoms with E-state index in [0.29, 0.717) is 19.5 Å². The van der Waals surface area contributed by atoms with Gasteiger partial charge in [-0.2, -0.15) is 4.31 Å². The molecule has 0 amide bonds. The van der Waals surface area contributed by atoms with Crippen LogP contribution in [0.25, 0.3) is 0 Å². The quantitative estimate of drug-likeness (QED) is 0.704. The maximum absolute atomic E-state index is 12.8. The molecule has 2 atom stereocenters. The molecule has 142 valence electrons. The fraction of sp³-hybridized carbons (Fsp3) is 0.684. The molecule has 1 aliphatic rings. The Morgan fingerprint density at radius 2 is 1.68 bits per heavy atom. The van der Waals surface area contributed by atoms with Crippen LogP contribution in [0.3, 0.4) is 0 Å². The molecule has 0 aromatic heterocycles. The van der Waals surface area contributed by atoms with Crippen molar-refractivity contribution in [3.63, 3.8) is 0 Å². The van der Waals surface area contributed by atoms with Gasteiger partial charge in [0.25, 0.3) is 0 Å². The summed E-state index contributed by atoms with van der Waals surface area (Å²) in [7, 11) is 0.969. The van der Waals surface area contributed by atoms with Crippen LogP contribution >= 0.6 is 0 Å². The molecule has 0 saturated carbocycles. The largest absolute Gasteiger partial charge is 0.309 e. The van der Waals surface area contributed by atoms with Gasteiger partial charge in [0.05, 0.1) is 5.75 Å². The van der Waals surface area contributed by atoms with Gasteiger partial charge in [-0.1, -0.05) is 30.3 Å². The van der Waals surface area contributed by atoms with E-state index in [1.54, 1.807) is 4.31 Å². The minimum absolute atomic E-state index is 0.192. The smallest absolute Gasteiger partial charge is 0.214 e. The Morgan fingerprint density at radius 1 is 1.08 bits per heavy atom. The summed E-state index contributed by atoms with van der Waals surface area (Å²) in [5, 5.41) is 0. The van der Waals surface area contributed by atoms with E-state index in [1.165, 1.54) is 0 Å². The molecular formula is C19H33N3O2S. The molecule has 5 nitrogen and oxygen atoms in total. The van der Waals surface area contributed by atoms with Crippen LogP contribution in [0.4, 0.5) is 0 Å². The number of nitrogens with zero attached hydrogens (tertiary/aromatic N) is 3. The van der Waals surface area contributed by atoms with Crippen LogP contribution in [-0.2, 0) is 16.4 Å². The Bertz CT molecular complexity index is 607. The number of hydrogen-bond donors (Lipinski definition) is 0. The highest BCUT2D eigenvalue weighted by molar-refractivity contribution is 7.89. The number of rotatable bonds is 8. The highest BCUT2D eigenvalue weighted by Gasteiger charge is 2.34. The number of aryl methyl sites for hydroxylation is 1. The van der Waals surface area contributed by atoms with Gasteiger partial charge in [0, 0.05) is 31.7 Å². The molecule has 1 aliphatic heterocycles. The highest BCUT2D eigenvalue weighted by atomic mass is 32.2. The van der Waals surface area contributed by atoms with E-state index in [0.717, 1.165) is 25.1 Å². The second-order valence-corrected chi connectivity index (χ2v) is 9.55. The molecule has 2 unspecified atom stereocenters. The molecule has 6 heteroatoms. The first-order chi connectivity index (χ1) is 11.8. The van der Waals surface area contributed by atoms with Crippen LogP contribution in [0.2, 0.25) is 0 Å². The summed E-state index contributed by atoms with van der Waals surface area (Å²) in [4.78, 5) is 4.65. The SMILES string of the molecule is CC1CN(S(=O)(=O)CCc2ccccc2)CC(C)N1CCCN(C)C. The lowest BCUT2D eigenvalue weighted by atomic mass is 10.1. The van der Waals surface area contributed by atoms with Crippen molar-refractivity contribution in [1.29, 1.82) is 0 Å². The number of sulfonamides is 1. The van der Waals surface area contributed by atoms with E-state index in [2.05, 4.69) is 37.7 Å². The van der Waals surface area contributed by atoms with Crippen LogP contribution in [0, 0.1) is 0 Å². The molecule has 0 N–H and O–H groups in total. The van der Waals surface area contributed by atoms with Gasteiger partial charge < -0.3 is 4.90 Å². The van der Waals surface area contributed by atoms with E-state index >= 15 is 0 Å². The molecule has 2 rings (SSSR count). The van der Waals surface area contributed by atoms with Gasteiger partial charge in [0.1, 0.15) is 0 Å². The number of piperazine rings is 1. The third-order valence-corrected chi connectivity index (χ3v) is 6.78. The van der Waals surface area contributed by atoms with Gasteiger partial charge in [-0.3, -0.25) is 4.90 Å². The van der Waals surface area contributed by atoms with Gasteiger partial charge in [-0.05, 0) is 52.9 Å². The van der Waals surface area contributed by atoms with E-state index < -0.39 is 10.0 Å². The molecule has 0 spiro atoms. The monoisotopic (exact) mass is 367 g/mol. The summed E-state index contributed by atoms with van der Waals surface area (Å²) in [6, 6.07) is 10.4. The highest BCUT2D eigenvalue weighted by Crippen LogP contribution is 2.19. The molecular weight excluding hydrogens is 334 g/mol. The van der Waals surface area contributed by atoms with E-state index in [4.69, 9.17) is 0 Å². The minimum atomic E-state index is -3.21. The Morgan fingerprint density at radius 3 is 2.24 bits per heavy atom. The summed E-state index contributed by atoms with van der Waals surface area (Å²) in [5.74, 6) is 0.192. The number of benzene rings is 1. The summed E-state index contributed by atoms with van der Waals surface area (Å²) < 4.78 is 27.2. The number of hydrogen-bond acceptors (Lipinski definition) is 4. The Balaban J connectivity index is 1.90. The second kappa shape index (κ2) is 9.12. The third-order valence-electron chi connectivity index (χ3n) is 4.97. The topological polar surface area (TPSA) is 43.9 Å². The Kier molecular flexibility index (Phi) is 7.43. The van der Waals surface area contributed by atoms with Crippen molar-refractivity contribution in [2.45, 2.75) is 38.8 Å². The molecule has 1 fully saturated rings. The summed E-state index contributed by atoms with van der Waals surface area (Å²) >= 11 is 0. The molecule has 1 saturated heterocycles. The Labute approximate surface area is 153 Å². The molecule has 25 heavy (non-hydrogen) atoms. The summed E-state index contributed by atoms with van der Waals surface area (Å²) in [6.07, 6.45) is 1.69. The van der Waals surface area contributed by atoms with Crippen molar-refractivity contribution in [3.8, 4) is 0 Å². The van der Waals surface area contributed by atoms with E-state index in [-0.39, 0.29) is 17.8 Å². The minimum Gasteiger partial charge on any atom is -0.309 e. The first-order valence-electron chi connectivity index (χ1n) is 9.22. The average molecular weight is 368 g/mol. The fourth-order valence-electron chi connectivity index (χ4n) is 3.57. The van der Waals surface area contributed by atoms with E-state index in [1.807, 2.05) is 30.3 Å². The van der Waals surface area contributed by atoms with Crippen molar-refractivity contribution in [2.75, 3.05) is 46.0 Å².